The van der Waals surface area contributed by atoms with Crippen molar-refractivity contribution in [2.75, 3.05) is 0 Å². The molecule has 0 spiro atoms. The van der Waals surface area contributed by atoms with E-state index in [0.29, 0.717) is 0 Å². The van der Waals surface area contributed by atoms with E-state index in [1.54, 1.807) is 6.92 Å². The van der Waals surface area contributed by atoms with E-state index in [9.17, 15) is 0 Å². The molecule has 0 aromatic carbocycles. The molecule has 0 N–H and O–H groups in total. The van der Waals surface area contributed by atoms with Crippen LogP contribution in [0, 0.1) is 195 Å². The van der Waals surface area contributed by atoms with Gasteiger partial charge in [-0.3, -0.25) is 0 Å². The van der Waals surface area contributed by atoms with Gasteiger partial charge in [-0.25, -0.2) is 0 Å². The summed E-state index contributed by atoms with van der Waals surface area (Å²) in [7, 11) is 0. The molecular formula is C33H18B14. The summed E-state index contributed by atoms with van der Waals surface area (Å²) in [5.41, 5.74) is 0. The number of terminal acetylenes is 15. The second-order valence-electron chi connectivity index (χ2n) is 10.2. The maximum Gasteiger partial charge on any atom is 0.266 e. The van der Waals surface area contributed by atoms with Crippen molar-refractivity contribution in [2.24, 2.45) is 0 Å². The van der Waals surface area contributed by atoms with Gasteiger partial charge in [0.1, 0.15) is 25.5 Å². The smallest absolute Gasteiger partial charge is 0.152 e. The van der Waals surface area contributed by atoms with Crippen LogP contribution in [0.1, 0.15) is 6.92 Å². The molecule has 0 amide bonds. The second-order valence-corrected chi connectivity index (χ2v) is 10.2. The Bertz CT molecular complexity index is 1640. The molecule has 0 rings (SSSR count). The lowest BCUT2D eigenvalue weighted by Crippen LogP contribution is -2.86. The molecule has 0 unspecified atom stereocenters. The Morgan fingerprint density at radius 3 is 0.511 bits per heavy atom. The first kappa shape index (κ1) is 40.9. The minimum atomic E-state index is -1.06. The van der Waals surface area contributed by atoms with Crippen LogP contribution < -0.4 is 0 Å². The van der Waals surface area contributed by atoms with Gasteiger partial charge in [0.2, 0.25) is 0 Å². The third-order valence-corrected chi connectivity index (χ3v) is 8.29. The van der Waals surface area contributed by atoms with Gasteiger partial charge >= 0.3 is 0 Å². The first-order valence-corrected chi connectivity index (χ1v) is 14.0. The van der Waals surface area contributed by atoms with Gasteiger partial charge in [-0.15, -0.1) is 108 Å². The molecule has 0 nitrogen and oxygen atoms in total. The molecule has 0 radical (unpaired) electrons. The monoisotopic (exact) mass is 568 g/mol. The highest BCUT2D eigenvalue weighted by Gasteiger charge is 2.63. The molecular weight excluding hydrogens is 548 g/mol. The van der Waals surface area contributed by atoms with Crippen LogP contribution in [0.15, 0.2) is 0 Å². The molecule has 0 aliphatic carbocycles. The molecule has 14 heteroatoms. The summed E-state index contributed by atoms with van der Waals surface area (Å²) in [4.78, 5) is 0. The predicted octanol–water partition coefficient (Wildman–Crippen LogP) is -2.92. The fourth-order valence-corrected chi connectivity index (χ4v) is 6.38. The first-order chi connectivity index (χ1) is 22.7. The molecule has 0 fully saturated rings. The average molecular weight is 566 g/mol. The normalized spacial score (nSPS) is 7.19. The molecule has 192 valence electrons. The highest BCUT2D eigenvalue weighted by atomic mass is 13.6. The Labute approximate surface area is 292 Å². The van der Waals surface area contributed by atoms with Gasteiger partial charge in [0, 0.05) is 12.8 Å². The predicted molar refractivity (Wildman–Crippen MR) is 227 cm³/mol. The van der Waals surface area contributed by atoms with E-state index >= 15 is 0 Å². The van der Waals surface area contributed by atoms with Gasteiger partial charge in [0.15, 0.2) is 0 Å². The summed E-state index contributed by atoms with van der Waals surface area (Å²) < 4.78 is 0. The van der Waals surface area contributed by atoms with Crippen LogP contribution in [0.4, 0.5) is 0 Å². The standard InChI is InChI=1S/C33H18B14/c1-17-33-41(32-16)45(40(30-14)31-15)47(44(38(26-10)27-11)39(28-12)29-13)46(42(34(18-2)19-3)35(20-4)21-5)43(36(22-6)23-7)37(24-8)25-9/h2-16H,1H3. The summed E-state index contributed by atoms with van der Waals surface area (Å²) in [5.74, 6) is 45.3. The number of rotatable bonds is 13. The lowest BCUT2D eigenvalue weighted by atomic mass is 8.37. The summed E-state index contributed by atoms with van der Waals surface area (Å²) in [5, 5.41) is 0. The number of hydrogen-bond donors (Lipinski definition) is 0. The second kappa shape index (κ2) is 21.5. The largest absolute Gasteiger partial charge is 0.266 e. The van der Waals surface area contributed by atoms with Crippen LogP contribution in [0.3, 0.4) is 0 Å². The highest BCUT2D eigenvalue weighted by molar-refractivity contribution is 8.19. The molecule has 0 aromatic heterocycles. The quantitative estimate of drug-likeness (QED) is 0.166. The summed E-state index contributed by atoms with van der Waals surface area (Å²) in [6, 6.07) is 0. The van der Waals surface area contributed by atoms with Crippen LogP contribution in [0.5, 0.6) is 0 Å². The van der Waals surface area contributed by atoms with E-state index in [-0.39, 0.29) is 0 Å². The van der Waals surface area contributed by atoms with Crippen LogP contribution in [-0.4, -0.2) is 91.1 Å². The zero-order chi connectivity index (χ0) is 36.1. The summed E-state index contributed by atoms with van der Waals surface area (Å²) >= 11 is 0. The Kier molecular flexibility index (Phi) is 18.7. The summed E-state index contributed by atoms with van der Waals surface area (Å²) in [6.45, 7) is -6.72. The van der Waals surface area contributed by atoms with E-state index in [4.69, 9.17) is 96.4 Å². The van der Waals surface area contributed by atoms with E-state index < -0.39 is 91.1 Å². The zero-order valence-electron chi connectivity index (χ0n) is 26.2. The molecule has 0 atom stereocenters. The van der Waals surface area contributed by atoms with Crippen molar-refractivity contribution in [3.8, 4) is 195 Å². The van der Waals surface area contributed by atoms with E-state index in [0.717, 1.165) is 0 Å². The van der Waals surface area contributed by atoms with Crippen LogP contribution in [0.25, 0.3) is 0 Å². The Morgan fingerprint density at radius 1 is 0.234 bits per heavy atom. The average Bonchev–Trinajstić information content (AvgIpc) is 3.10. The van der Waals surface area contributed by atoms with E-state index in [2.05, 4.69) is 99.0 Å². The fourth-order valence-electron chi connectivity index (χ4n) is 6.38. The van der Waals surface area contributed by atoms with Crippen LogP contribution in [-0.2, 0) is 0 Å². The van der Waals surface area contributed by atoms with Gasteiger partial charge < -0.3 is 0 Å². The van der Waals surface area contributed by atoms with Gasteiger partial charge in [-0.05, 0) is 6.92 Å². The van der Waals surface area contributed by atoms with E-state index in [1.165, 1.54) is 0 Å². The minimum absolute atomic E-state index is 0.948. The lowest BCUT2D eigenvalue weighted by molar-refractivity contribution is 1.93. The van der Waals surface area contributed by atoms with Gasteiger partial charge in [0.05, 0.1) is 0 Å². The Hall–Kier alpha value is -6.13. The molecule has 0 aromatic rings. The summed E-state index contributed by atoms with van der Waals surface area (Å²) in [6.07, 6.45) is 84.6. The van der Waals surface area contributed by atoms with Crippen molar-refractivity contribution in [3.63, 3.8) is 0 Å². The first-order valence-electron chi connectivity index (χ1n) is 14.0. The van der Waals surface area contributed by atoms with Crippen molar-refractivity contribution < 1.29 is 0 Å². The number of hydrogen-bond acceptors (Lipinski definition) is 0. The van der Waals surface area contributed by atoms with Gasteiger partial charge in [-0.2, -0.15) is 87.3 Å². The third kappa shape index (κ3) is 9.19. The zero-order valence-corrected chi connectivity index (χ0v) is 26.2. The Balaban J connectivity index is 9.55. The molecule has 0 saturated carbocycles. The molecule has 0 aliphatic heterocycles. The van der Waals surface area contributed by atoms with Gasteiger partial charge in [-0.1, -0.05) is 0 Å². The van der Waals surface area contributed by atoms with Crippen LogP contribution >= 0.6 is 0 Å². The molecule has 0 saturated heterocycles. The molecule has 0 aliphatic rings. The van der Waals surface area contributed by atoms with E-state index in [1.807, 2.05) is 0 Å². The third-order valence-electron chi connectivity index (χ3n) is 8.29. The van der Waals surface area contributed by atoms with Crippen molar-refractivity contribution >= 4 is 91.1 Å². The minimum Gasteiger partial charge on any atom is -0.152 e. The lowest BCUT2D eigenvalue weighted by Gasteiger charge is -2.42. The van der Waals surface area contributed by atoms with Crippen molar-refractivity contribution in [3.05, 3.63) is 0 Å². The molecule has 0 heterocycles. The highest BCUT2D eigenvalue weighted by Crippen LogP contribution is 2.20. The molecule has 47 heavy (non-hydrogen) atoms. The maximum atomic E-state index is 6.12. The van der Waals surface area contributed by atoms with Gasteiger partial charge in [0.25, 0.3) is 52.8 Å². The topological polar surface area (TPSA) is 0 Å². The SMILES string of the molecule is C#CB(C#C)B(B(C#C)C#C)B(B(B(C#C)C#C)B(C#C)C#C)B(B(B(C#C)C#C)B(C#C)C#C)B(B(C#C)C#C)B(C#C)C#CC. The van der Waals surface area contributed by atoms with Crippen molar-refractivity contribution in [1.82, 2.24) is 0 Å². The molecule has 0 bridgehead atoms. The van der Waals surface area contributed by atoms with Crippen molar-refractivity contribution in [2.45, 2.75) is 6.92 Å². The fraction of sp³-hybridized carbons (Fsp3) is 0.0303. The Morgan fingerprint density at radius 2 is 0.383 bits per heavy atom. The maximum absolute atomic E-state index is 6.12. The van der Waals surface area contributed by atoms with Crippen LogP contribution in [0.2, 0.25) is 0 Å². The van der Waals surface area contributed by atoms with Crippen molar-refractivity contribution in [1.29, 1.82) is 0 Å².